The molecule has 1 aliphatic heterocycles. The van der Waals surface area contributed by atoms with Crippen molar-refractivity contribution in [1.82, 2.24) is 9.88 Å². The van der Waals surface area contributed by atoms with Gasteiger partial charge in [-0.05, 0) is 25.3 Å². The standard InChI is InChI=1S/C13H18N2O3/c1-8-5-10(13(17)18)7-15(6-8)12(16)11-3-4-14-9(11)2/h3-4,8,10,14H,5-7H2,1-2H3,(H,17,18). The molecule has 5 nitrogen and oxygen atoms in total. The average molecular weight is 250 g/mol. The molecule has 2 rings (SSSR count). The van der Waals surface area contributed by atoms with Gasteiger partial charge in [-0.25, -0.2) is 0 Å². The predicted octanol–water partition coefficient (Wildman–Crippen LogP) is 1.51. The smallest absolute Gasteiger partial charge is 0.308 e. The van der Waals surface area contributed by atoms with Gasteiger partial charge in [0.2, 0.25) is 0 Å². The Morgan fingerprint density at radius 1 is 1.44 bits per heavy atom. The van der Waals surface area contributed by atoms with Gasteiger partial charge < -0.3 is 15.0 Å². The van der Waals surface area contributed by atoms with Gasteiger partial charge in [-0.3, -0.25) is 9.59 Å². The number of carbonyl (C=O) groups excluding carboxylic acids is 1. The van der Waals surface area contributed by atoms with Crippen molar-refractivity contribution < 1.29 is 14.7 Å². The van der Waals surface area contributed by atoms with Gasteiger partial charge in [-0.2, -0.15) is 0 Å². The molecule has 2 N–H and O–H groups in total. The highest BCUT2D eigenvalue weighted by molar-refractivity contribution is 5.95. The van der Waals surface area contributed by atoms with Crippen molar-refractivity contribution in [1.29, 1.82) is 0 Å². The van der Waals surface area contributed by atoms with E-state index in [-0.39, 0.29) is 11.8 Å². The van der Waals surface area contributed by atoms with Gasteiger partial charge in [0.15, 0.2) is 0 Å². The highest BCUT2D eigenvalue weighted by atomic mass is 16.4. The number of aromatic nitrogens is 1. The number of amides is 1. The highest BCUT2D eigenvalue weighted by Gasteiger charge is 2.32. The summed E-state index contributed by atoms with van der Waals surface area (Å²) in [4.78, 5) is 28.0. The summed E-state index contributed by atoms with van der Waals surface area (Å²) in [6, 6.07) is 1.74. The van der Waals surface area contributed by atoms with Crippen molar-refractivity contribution in [3.8, 4) is 0 Å². The number of carboxylic acid groups (broad SMARTS) is 1. The summed E-state index contributed by atoms with van der Waals surface area (Å²) < 4.78 is 0. The second-order valence-electron chi connectivity index (χ2n) is 5.10. The zero-order valence-corrected chi connectivity index (χ0v) is 10.6. The molecular formula is C13H18N2O3. The molecule has 0 aromatic carbocycles. The Kier molecular flexibility index (Phi) is 3.41. The quantitative estimate of drug-likeness (QED) is 0.835. The molecule has 5 heteroatoms. The molecule has 1 saturated heterocycles. The number of nitrogens with zero attached hydrogens (tertiary/aromatic N) is 1. The van der Waals surface area contributed by atoms with Crippen molar-refractivity contribution in [3.63, 3.8) is 0 Å². The fourth-order valence-corrected chi connectivity index (χ4v) is 2.55. The lowest BCUT2D eigenvalue weighted by molar-refractivity contribution is -0.143. The molecule has 0 saturated carbocycles. The van der Waals surface area contributed by atoms with Crippen LogP contribution < -0.4 is 0 Å². The lowest BCUT2D eigenvalue weighted by Crippen LogP contribution is -2.45. The number of aliphatic carboxylic acids is 1. The van der Waals surface area contributed by atoms with Crippen molar-refractivity contribution >= 4 is 11.9 Å². The molecule has 2 atom stereocenters. The minimum Gasteiger partial charge on any atom is -0.481 e. The van der Waals surface area contributed by atoms with Crippen LogP contribution in [0.5, 0.6) is 0 Å². The van der Waals surface area contributed by atoms with Gasteiger partial charge in [0.1, 0.15) is 0 Å². The third kappa shape index (κ3) is 2.39. The van der Waals surface area contributed by atoms with Crippen LogP contribution >= 0.6 is 0 Å². The van der Waals surface area contributed by atoms with Crippen molar-refractivity contribution in [2.24, 2.45) is 11.8 Å². The number of hydrogen-bond donors (Lipinski definition) is 2. The Hall–Kier alpha value is -1.78. The van der Waals surface area contributed by atoms with E-state index in [4.69, 9.17) is 5.11 Å². The van der Waals surface area contributed by atoms with Crippen molar-refractivity contribution in [3.05, 3.63) is 23.5 Å². The molecule has 2 unspecified atom stereocenters. The lowest BCUT2D eigenvalue weighted by Gasteiger charge is -2.34. The predicted molar refractivity (Wildman–Crippen MR) is 66.3 cm³/mol. The summed E-state index contributed by atoms with van der Waals surface area (Å²) in [5.41, 5.74) is 1.46. The van der Waals surface area contributed by atoms with Gasteiger partial charge in [-0.1, -0.05) is 6.92 Å². The van der Waals surface area contributed by atoms with E-state index in [0.717, 1.165) is 5.69 Å². The van der Waals surface area contributed by atoms with Crippen LogP contribution in [0, 0.1) is 18.8 Å². The largest absolute Gasteiger partial charge is 0.481 e. The summed E-state index contributed by atoms with van der Waals surface area (Å²) in [5, 5.41) is 9.10. The topological polar surface area (TPSA) is 73.4 Å². The zero-order chi connectivity index (χ0) is 13.3. The van der Waals surface area contributed by atoms with Crippen LogP contribution in [0.2, 0.25) is 0 Å². The van der Waals surface area contributed by atoms with Gasteiger partial charge in [0, 0.05) is 25.0 Å². The van der Waals surface area contributed by atoms with E-state index in [1.165, 1.54) is 0 Å². The monoisotopic (exact) mass is 250 g/mol. The second-order valence-corrected chi connectivity index (χ2v) is 5.10. The fourth-order valence-electron chi connectivity index (χ4n) is 2.55. The molecule has 1 aromatic heterocycles. The molecule has 0 bridgehead atoms. The van der Waals surface area contributed by atoms with Crippen LogP contribution in [0.3, 0.4) is 0 Å². The normalized spacial score (nSPS) is 24.0. The van der Waals surface area contributed by atoms with E-state index < -0.39 is 11.9 Å². The van der Waals surface area contributed by atoms with Crippen LogP contribution in [-0.2, 0) is 4.79 Å². The summed E-state index contributed by atoms with van der Waals surface area (Å²) in [6.45, 7) is 4.77. The number of hydrogen-bond acceptors (Lipinski definition) is 2. The van der Waals surface area contributed by atoms with Gasteiger partial charge in [-0.15, -0.1) is 0 Å². The number of piperidine rings is 1. The molecule has 0 radical (unpaired) electrons. The maximum absolute atomic E-state index is 12.3. The molecule has 2 heterocycles. The number of nitrogens with one attached hydrogen (secondary N) is 1. The number of likely N-dealkylation sites (tertiary alicyclic amines) is 1. The summed E-state index contributed by atoms with van der Waals surface area (Å²) in [6.07, 6.45) is 2.37. The zero-order valence-electron chi connectivity index (χ0n) is 10.6. The molecule has 1 aliphatic rings. The Labute approximate surface area is 106 Å². The van der Waals surface area contributed by atoms with Gasteiger partial charge in [0.25, 0.3) is 5.91 Å². The minimum atomic E-state index is -0.815. The van der Waals surface area contributed by atoms with Crippen molar-refractivity contribution in [2.45, 2.75) is 20.3 Å². The Morgan fingerprint density at radius 2 is 2.17 bits per heavy atom. The van der Waals surface area contributed by atoms with Crippen LogP contribution in [0.15, 0.2) is 12.3 Å². The first kappa shape index (κ1) is 12.7. The van der Waals surface area contributed by atoms with Crippen molar-refractivity contribution in [2.75, 3.05) is 13.1 Å². The van der Waals surface area contributed by atoms with E-state index in [9.17, 15) is 9.59 Å². The van der Waals surface area contributed by atoms with E-state index in [1.807, 2.05) is 13.8 Å². The Bertz CT molecular complexity index is 467. The van der Waals surface area contributed by atoms with E-state index in [2.05, 4.69) is 4.98 Å². The number of aromatic amines is 1. The Morgan fingerprint density at radius 3 is 2.72 bits per heavy atom. The maximum Gasteiger partial charge on any atom is 0.308 e. The highest BCUT2D eigenvalue weighted by Crippen LogP contribution is 2.23. The SMILES string of the molecule is Cc1[nH]ccc1C(=O)N1CC(C)CC(C(=O)O)C1. The minimum absolute atomic E-state index is 0.0773. The third-order valence-corrected chi connectivity index (χ3v) is 3.48. The molecule has 0 aliphatic carbocycles. The fraction of sp³-hybridized carbons (Fsp3) is 0.538. The lowest BCUT2D eigenvalue weighted by atomic mass is 9.90. The van der Waals surface area contributed by atoms with Crippen LogP contribution in [-0.4, -0.2) is 40.0 Å². The summed E-state index contributed by atoms with van der Waals surface area (Å²) >= 11 is 0. The molecule has 98 valence electrons. The average Bonchev–Trinajstić information content (AvgIpc) is 2.73. The maximum atomic E-state index is 12.3. The first-order valence-electron chi connectivity index (χ1n) is 6.15. The number of carbonyl (C=O) groups is 2. The number of H-pyrrole nitrogens is 1. The summed E-state index contributed by atoms with van der Waals surface area (Å²) in [5.74, 6) is -1.11. The third-order valence-electron chi connectivity index (χ3n) is 3.48. The molecule has 1 aromatic rings. The summed E-state index contributed by atoms with van der Waals surface area (Å²) in [7, 11) is 0. The second kappa shape index (κ2) is 4.84. The number of carboxylic acids is 1. The van der Waals surface area contributed by atoms with E-state index in [1.54, 1.807) is 17.2 Å². The molecule has 1 fully saturated rings. The molecule has 1 amide bonds. The van der Waals surface area contributed by atoms with Crippen LogP contribution in [0.25, 0.3) is 0 Å². The first-order chi connectivity index (χ1) is 8.49. The van der Waals surface area contributed by atoms with E-state index >= 15 is 0 Å². The van der Waals surface area contributed by atoms with Gasteiger partial charge >= 0.3 is 5.97 Å². The molecule has 18 heavy (non-hydrogen) atoms. The number of rotatable bonds is 2. The van der Waals surface area contributed by atoms with Gasteiger partial charge in [0.05, 0.1) is 11.5 Å². The van der Waals surface area contributed by atoms with Crippen LogP contribution in [0.4, 0.5) is 0 Å². The number of aryl methyl sites for hydroxylation is 1. The Balaban J connectivity index is 2.15. The molecule has 0 spiro atoms. The van der Waals surface area contributed by atoms with Crippen LogP contribution in [0.1, 0.15) is 29.4 Å². The first-order valence-corrected chi connectivity index (χ1v) is 6.15. The van der Waals surface area contributed by atoms with E-state index in [0.29, 0.717) is 25.1 Å². The molecular weight excluding hydrogens is 232 g/mol.